The van der Waals surface area contributed by atoms with Crippen molar-refractivity contribution in [2.24, 2.45) is 0 Å². The molecule has 0 aromatic heterocycles. The molecular formula is C10H15N. The van der Waals surface area contributed by atoms with Crippen LogP contribution in [0.2, 0.25) is 0 Å². The van der Waals surface area contributed by atoms with E-state index >= 15 is 0 Å². The summed E-state index contributed by atoms with van der Waals surface area (Å²) in [7, 11) is 0. The highest BCUT2D eigenvalue weighted by atomic mass is 14.9. The molecule has 0 aliphatic carbocycles. The minimum atomic E-state index is 0.945. The van der Waals surface area contributed by atoms with Gasteiger partial charge >= 0.3 is 0 Å². The zero-order valence-electron chi connectivity index (χ0n) is 7.49. The van der Waals surface area contributed by atoms with Crippen molar-refractivity contribution in [1.29, 1.82) is 0 Å². The molecule has 0 fully saturated rings. The van der Waals surface area contributed by atoms with Gasteiger partial charge < -0.3 is 5.32 Å². The maximum atomic E-state index is 3.90. The van der Waals surface area contributed by atoms with E-state index in [1.54, 1.807) is 0 Å². The first kappa shape index (κ1) is 8.12. The molecule has 0 saturated heterocycles. The quantitative estimate of drug-likeness (QED) is 0.558. The van der Waals surface area contributed by atoms with E-state index in [0.29, 0.717) is 0 Å². The highest BCUT2D eigenvalue weighted by Gasteiger charge is 2.04. The van der Waals surface area contributed by atoms with Crippen LogP contribution in [-0.4, -0.2) is 0 Å². The van der Waals surface area contributed by atoms with Crippen molar-refractivity contribution < 1.29 is 0 Å². The first-order valence-corrected chi connectivity index (χ1v) is 3.90. The predicted octanol–water partition coefficient (Wildman–Crippen LogP) is 2.73. The second kappa shape index (κ2) is 2.95. The first-order chi connectivity index (χ1) is 5.11. The molecule has 1 rings (SSSR count). The molecule has 0 radical (unpaired) electrons. The number of allylic oxidation sites excluding steroid dienone is 4. The van der Waals surface area contributed by atoms with Crippen molar-refractivity contribution in [3.63, 3.8) is 0 Å². The third-order valence-electron chi connectivity index (χ3n) is 2.17. The van der Waals surface area contributed by atoms with E-state index in [1.807, 2.05) is 0 Å². The zero-order chi connectivity index (χ0) is 8.43. The number of rotatable bonds is 0. The van der Waals surface area contributed by atoms with E-state index in [-0.39, 0.29) is 0 Å². The first-order valence-electron chi connectivity index (χ1n) is 3.90. The third kappa shape index (κ3) is 1.73. The van der Waals surface area contributed by atoms with Gasteiger partial charge in [-0.1, -0.05) is 18.2 Å². The lowest BCUT2D eigenvalue weighted by Crippen LogP contribution is -2.08. The highest BCUT2D eigenvalue weighted by Crippen LogP contribution is 2.18. The molecule has 0 bridgehead atoms. The smallest absolute Gasteiger partial charge is 0.0149 e. The average molecular weight is 149 g/mol. The molecule has 1 heteroatoms. The summed E-state index contributed by atoms with van der Waals surface area (Å²) in [5.41, 5.74) is 5.00. The van der Waals surface area contributed by atoms with Gasteiger partial charge in [-0.2, -0.15) is 0 Å². The standard InChI is InChI=1S/C10H15N/c1-7-5-6-8(2)11-10(4)9(7)3/h5,11H,2,6H2,1,3-4H3. The summed E-state index contributed by atoms with van der Waals surface area (Å²) in [6.07, 6.45) is 3.15. The molecule has 1 heterocycles. The Morgan fingerprint density at radius 2 is 2.00 bits per heavy atom. The molecule has 0 aromatic carbocycles. The predicted molar refractivity (Wildman–Crippen MR) is 49.0 cm³/mol. The fourth-order valence-corrected chi connectivity index (χ4v) is 1.14. The summed E-state index contributed by atoms with van der Waals surface area (Å²) in [4.78, 5) is 0. The summed E-state index contributed by atoms with van der Waals surface area (Å²) in [5.74, 6) is 0. The summed E-state index contributed by atoms with van der Waals surface area (Å²) in [5, 5.41) is 3.25. The van der Waals surface area contributed by atoms with E-state index in [0.717, 1.165) is 12.1 Å². The Balaban J connectivity index is 2.99. The SMILES string of the molecule is C=C1CC=C(C)C(C)=C(C)N1. The van der Waals surface area contributed by atoms with Crippen LogP contribution in [0.15, 0.2) is 35.2 Å². The van der Waals surface area contributed by atoms with Crippen molar-refractivity contribution in [2.75, 3.05) is 0 Å². The highest BCUT2D eigenvalue weighted by molar-refractivity contribution is 5.35. The maximum absolute atomic E-state index is 3.90. The van der Waals surface area contributed by atoms with Crippen molar-refractivity contribution >= 4 is 0 Å². The molecule has 0 amide bonds. The second-order valence-electron chi connectivity index (χ2n) is 3.07. The minimum Gasteiger partial charge on any atom is -0.363 e. The molecule has 0 spiro atoms. The Labute approximate surface area is 68.5 Å². The van der Waals surface area contributed by atoms with E-state index in [2.05, 4.69) is 38.7 Å². The van der Waals surface area contributed by atoms with Gasteiger partial charge in [-0.05, 0) is 26.3 Å². The third-order valence-corrected chi connectivity index (χ3v) is 2.17. The van der Waals surface area contributed by atoms with Crippen LogP contribution >= 0.6 is 0 Å². The van der Waals surface area contributed by atoms with Gasteiger partial charge in [-0.3, -0.25) is 0 Å². The molecule has 0 atom stereocenters. The molecule has 1 aliphatic rings. The summed E-state index contributed by atoms with van der Waals surface area (Å²) < 4.78 is 0. The van der Waals surface area contributed by atoms with Gasteiger partial charge in [0.15, 0.2) is 0 Å². The Kier molecular flexibility index (Phi) is 2.18. The van der Waals surface area contributed by atoms with Gasteiger partial charge in [0.05, 0.1) is 0 Å². The summed E-state index contributed by atoms with van der Waals surface area (Å²) in [6, 6.07) is 0. The maximum Gasteiger partial charge on any atom is 0.0149 e. The van der Waals surface area contributed by atoms with Crippen molar-refractivity contribution in [2.45, 2.75) is 27.2 Å². The van der Waals surface area contributed by atoms with Gasteiger partial charge in [0.2, 0.25) is 0 Å². The fraction of sp³-hybridized carbons (Fsp3) is 0.400. The molecule has 1 aliphatic heterocycles. The molecule has 1 nitrogen and oxygen atoms in total. The van der Waals surface area contributed by atoms with E-state index in [4.69, 9.17) is 0 Å². The Hall–Kier alpha value is -0.980. The Bertz CT molecular complexity index is 244. The summed E-state index contributed by atoms with van der Waals surface area (Å²) >= 11 is 0. The van der Waals surface area contributed by atoms with E-state index in [1.165, 1.54) is 16.8 Å². The van der Waals surface area contributed by atoms with Crippen LogP contribution in [0, 0.1) is 0 Å². The van der Waals surface area contributed by atoms with Crippen LogP contribution in [0.1, 0.15) is 27.2 Å². The van der Waals surface area contributed by atoms with Gasteiger partial charge in [0.25, 0.3) is 0 Å². The molecule has 0 aromatic rings. The number of hydrogen-bond acceptors (Lipinski definition) is 1. The van der Waals surface area contributed by atoms with Crippen molar-refractivity contribution in [3.05, 3.63) is 35.2 Å². The number of hydrogen-bond donors (Lipinski definition) is 1. The largest absolute Gasteiger partial charge is 0.363 e. The average Bonchev–Trinajstić information content (AvgIpc) is 2.05. The number of nitrogens with one attached hydrogen (secondary N) is 1. The van der Waals surface area contributed by atoms with E-state index < -0.39 is 0 Å². The lowest BCUT2D eigenvalue weighted by Gasteiger charge is -2.07. The van der Waals surface area contributed by atoms with Crippen LogP contribution in [-0.2, 0) is 0 Å². The Morgan fingerprint density at radius 3 is 2.64 bits per heavy atom. The van der Waals surface area contributed by atoms with Crippen LogP contribution in [0.3, 0.4) is 0 Å². The van der Waals surface area contributed by atoms with Crippen molar-refractivity contribution in [1.82, 2.24) is 5.32 Å². The van der Waals surface area contributed by atoms with Gasteiger partial charge in [0, 0.05) is 17.8 Å². The lowest BCUT2D eigenvalue weighted by molar-refractivity contribution is 0.931. The second-order valence-corrected chi connectivity index (χ2v) is 3.07. The van der Waals surface area contributed by atoms with E-state index in [9.17, 15) is 0 Å². The zero-order valence-corrected chi connectivity index (χ0v) is 7.49. The molecule has 1 N–H and O–H groups in total. The fourth-order valence-electron chi connectivity index (χ4n) is 1.14. The molecular weight excluding hydrogens is 134 g/mol. The van der Waals surface area contributed by atoms with Gasteiger partial charge in [-0.15, -0.1) is 0 Å². The minimum absolute atomic E-state index is 0.945. The molecule has 0 saturated carbocycles. The van der Waals surface area contributed by atoms with Crippen LogP contribution in [0.25, 0.3) is 0 Å². The topological polar surface area (TPSA) is 12.0 Å². The lowest BCUT2D eigenvalue weighted by atomic mass is 10.1. The monoisotopic (exact) mass is 149 g/mol. The van der Waals surface area contributed by atoms with Gasteiger partial charge in [-0.25, -0.2) is 0 Å². The van der Waals surface area contributed by atoms with Gasteiger partial charge in [0.1, 0.15) is 0 Å². The Morgan fingerprint density at radius 1 is 1.36 bits per heavy atom. The van der Waals surface area contributed by atoms with Crippen LogP contribution in [0.5, 0.6) is 0 Å². The van der Waals surface area contributed by atoms with Crippen molar-refractivity contribution in [3.8, 4) is 0 Å². The molecule has 60 valence electrons. The molecule has 11 heavy (non-hydrogen) atoms. The van der Waals surface area contributed by atoms with Crippen LogP contribution in [0.4, 0.5) is 0 Å². The molecule has 0 unspecified atom stereocenters. The van der Waals surface area contributed by atoms with Crippen LogP contribution < -0.4 is 5.32 Å². The normalized spacial score (nSPS) is 19.2. The summed E-state index contributed by atoms with van der Waals surface area (Å²) in [6.45, 7) is 10.3.